The Kier molecular flexibility index (Phi) is 5.07. The first-order valence-corrected chi connectivity index (χ1v) is 9.50. The lowest BCUT2D eigenvalue weighted by Crippen LogP contribution is -2.14. The summed E-state index contributed by atoms with van der Waals surface area (Å²) in [5.41, 5.74) is 3.96. The lowest BCUT2D eigenvalue weighted by Gasteiger charge is -2.09. The Morgan fingerprint density at radius 2 is 1.82 bits per heavy atom. The first-order valence-electron chi connectivity index (χ1n) is 8.62. The molecule has 2 aromatic heterocycles. The maximum absolute atomic E-state index is 11.0. The number of rotatable bonds is 5. The van der Waals surface area contributed by atoms with E-state index in [-0.39, 0.29) is 5.69 Å². The van der Waals surface area contributed by atoms with Gasteiger partial charge in [0.15, 0.2) is 4.80 Å². The van der Waals surface area contributed by atoms with Crippen LogP contribution in [0.1, 0.15) is 5.56 Å². The number of hydrogen-bond acceptors (Lipinski definition) is 5. The highest BCUT2D eigenvalue weighted by molar-refractivity contribution is 7.07. The van der Waals surface area contributed by atoms with Gasteiger partial charge in [0.25, 0.3) is 5.69 Å². The molecule has 138 valence electrons. The molecule has 6 nitrogen and oxygen atoms in total. The van der Waals surface area contributed by atoms with E-state index in [1.54, 1.807) is 24.5 Å². The second-order valence-corrected chi connectivity index (χ2v) is 6.89. The zero-order valence-electron chi connectivity index (χ0n) is 14.8. The Bertz CT molecular complexity index is 1150. The summed E-state index contributed by atoms with van der Waals surface area (Å²) < 4.78 is 2.03. The molecule has 2 heterocycles. The predicted molar refractivity (Wildman–Crippen MR) is 109 cm³/mol. The van der Waals surface area contributed by atoms with E-state index < -0.39 is 4.92 Å². The maximum Gasteiger partial charge on any atom is 0.269 e. The lowest BCUT2D eigenvalue weighted by molar-refractivity contribution is -0.384. The van der Waals surface area contributed by atoms with Crippen molar-refractivity contribution in [2.45, 2.75) is 6.54 Å². The van der Waals surface area contributed by atoms with Crippen molar-refractivity contribution < 1.29 is 4.92 Å². The monoisotopic (exact) mass is 388 g/mol. The van der Waals surface area contributed by atoms with Crippen LogP contribution in [0.3, 0.4) is 0 Å². The molecule has 0 aliphatic heterocycles. The van der Waals surface area contributed by atoms with E-state index in [1.807, 2.05) is 47.0 Å². The number of aromatic nitrogens is 2. The number of non-ortho nitro benzene ring substituents is 1. The van der Waals surface area contributed by atoms with Crippen molar-refractivity contribution in [1.82, 2.24) is 9.55 Å². The largest absolute Gasteiger partial charge is 0.285 e. The topological polar surface area (TPSA) is 73.3 Å². The molecule has 4 aromatic rings. The number of pyridine rings is 1. The average molecular weight is 388 g/mol. The van der Waals surface area contributed by atoms with Crippen molar-refractivity contribution in [3.63, 3.8) is 0 Å². The van der Waals surface area contributed by atoms with Gasteiger partial charge in [-0.05, 0) is 29.3 Å². The Balaban J connectivity index is 1.83. The second-order valence-electron chi connectivity index (χ2n) is 6.06. The number of nitro benzene ring substituents is 1. The van der Waals surface area contributed by atoms with Gasteiger partial charge in [-0.3, -0.25) is 24.7 Å². The lowest BCUT2D eigenvalue weighted by atomic mass is 10.1. The third-order valence-corrected chi connectivity index (χ3v) is 5.08. The fourth-order valence-corrected chi connectivity index (χ4v) is 3.76. The molecule has 4 rings (SSSR count). The van der Waals surface area contributed by atoms with Gasteiger partial charge in [-0.15, -0.1) is 11.3 Å². The second kappa shape index (κ2) is 7.98. The smallest absolute Gasteiger partial charge is 0.269 e. The average Bonchev–Trinajstić information content (AvgIpc) is 3.17. The molecule has 0 bridgehead atoms. The summed E-state index contributed by atoms with van der Waals surface area (Å²) in [5.74, 6) is 0. The molecule has 0 unspecified atom stereocenters. The Morgan fingerprint density at radius 3 is 2.50 bits per heavy atom. The molecular formula is C21H16N4O2S. The third kappa shape index (κ3) is 3.74. The summed E-state index contributed by atoms with van der Waals surface area (Å²) in [4.78, 5) is 20.3. The Labute approximate surface area is 165 Å². The van der Waals surface area contributed by atoms with Gasteiger partial charge in [-0.2, -0.15) is 0 Å². The molecule has 0 radical (unpaired) electrons. The van der Waals surface area contributed by atoms with E-state index in [9.17, 15) is 10.1 Å². The summed E-state index contributed by atoms with van der Waals surface area (Å²) in [5, 5.41) is 13.0. The highest BCUT2D eigenvalue weighted by Crippen LogP contribution is 2.24. The van der Waals surface area contributed by atoms with Gasteiger partial charge in [0.2, 0.25) is 0 Å². The van der Waals surface area contributed by atoms with E-state index in [0.717, 1.165) is 27.3 Å². The minimum Gasteiger partial charge on any atom is -0.285 e. The van der Waals surface area contributed by atoms with Crippen molar-refractivity contribution in [3.05, 3.63) is 105 Å². The number of nitro groups is 1. The van der Waals surface area contributed by atoms with E-state index >= 15 is 0 Å². The maximum atomic E-state index is 11.0. The minimum atomic E-state index is -0.395. The minimum absolute atomic E-state index is 0.0645. The van der Waals surface area contributed by atoms with Crippen LogP contribution in [0.2, 0.25) is 0 Å². The molecule has 0 atom stereocenters. The van der Waals surface area contributed by atoms with Crippen LogP contribution >= 0.6 is 11.3 Å². The van der Waals surface area contributed by atoms with Crippen molar-refractivity contribution in [2.75, 3.05) is 0 Å². The van der Waals surface area contributed by atoms with Crippen molar-refractivity contribution in [1.29, 1.82) is 0 Å². The molecule has 0 fully saturated rings. The Morgan fingerprint density at radius 1 is 1.04 bits per heavy atom. The summed E-state index contributed by atoms with van der Waals surface area (Å²) in [6.45, 7) is 0.509. The van der Waals surface area contributed by atoms with Gasteiger partial charge in [-0.25, -0.2) is 0 Å². The quantitative estimate of drug-likeness (QED) is 0.370. The molecule has 0 spiro atoms. The van der Waals surface area contributed by atoms with Crippen LogP contribution in [-0.4, -0.2) is 14.5 Å². The van der Waals surface area contributed by atoms with E-state index in [0.29, 0.717) is 6.54 Å². The number of nitrogens with zero attached hydrogens (tertiary/aromatic N) is 4. The van der Waals surface area contributed by atoms with Gasteiger partial charge in [0, 0.05) is 35.6 Å². The number of benzene rings is 2. The van der Waals surface area contributed by atoms with E-state index in [4.69, 9.17) is 4.99 Å². The fourth-order valence-electron chi connectivity index (χ4n) is 2.85. The van der Waals surface area contributed by atoms with Crippen LogP contribution in [0.4, 0.5) is 5.69 Å². The molecule has 7 heteroatoms. The van der Waals surface area contributed by atoms with Crippen molar-refractivity contribution in [3.8, 4) is 16.9 Å². The summed E-state index contributed by atoms with van der Waals surface area (Å²) in [7, 11) is 0. The third-order valence-electron chi connectivity index (χ3n) is 4.22. The number of hydrogen-bond donors (Lipinski definition) is 0. The van der Waals surface area contributed by atoms with Crippen molar-refractivity contribution >= 4 is 17.0 Å². The molecule has 0 saturated heterocycles. The molecule has 0 N–H and O–H groups in total. The Hall–Kier alpha value is -3.58. The van der Waals surface area contributed by atoms with Crippen LogP contribution < -0.4 is 4.80 Å². The highest BCUT2D eigenvalue weighted by atomic mass is 32.1. The van der Waals surface area contributed by atoms with Gasteiger partial charge in [-0.1, -0.05) is 36.4 Å². The first kappa shape index (κ1) is 17.8. The van der Waals surface area contributed by atoms with E-state index in [2.05, 4.69) is 10.4 Å². The van der Waals surface area contributed by atoms with Crippen LogP contribution in [0, 0.1) is 10.1 Å². The molecular weight excluding hydrogens is 372 g/mol. The summed E-state index contributed by atoms with van der Waals surface area (Å²) >= 11 is 1.54. The molecule has 0 amide bonds. The molecule has 0 aliphatic carbocycles. The van der Waals surface area contributed by atoms with E-state index in [1.165, 1.54) is 23.5 Å². The van der Waals surface area contributed by atoms with Crippen LogP contribution in [0.5, 0.6) is 0 Å². The molecule has 2 aromatic carbocycles. The number of thiazole rings is 1. The molecule has 28 heavy (non-hydrogen) atoms. The first-order chi connectivity index (χ1) is 13.7. The van der Waals surface area contributed by atoms with Crippen LogP contribution in [-0.2, 0) is 6.54 Å². The van der Waals surface area contributed by atoms with Crippen LogP contribution in [0.25, 0.3) is 16.9 Å². The van der Waals surface area contributed by atoms with Gasteiger partial charge < -0.3 is 0 Å². The van der Waals surface area contributed by atoms with Crippen LogP contribution in [0.15, 0.2) is 89.5 Å². The predicted octanol–water partition coefficient (Wildman–Crippen LogP) is 4.61. The normalized spacial score (nSPS) is 11.5. The molecule has 0 aliphatic rings. The SMILES string of the molecule is O=[N+]([O-])c1ccc(-n2c(-c3ccccc3)csc2=NCc2cccnc2)cc1. The molecule has 0 saturated carbocycles. The summed E-state index contributed by atoms with van der Waals surface area (Å²) in [6.07, 6.45) is 3.53. The van der Waals surface area contributed by atoms with Crippen molar-refractivity contribution in [2.24, 2.45) is 4.99 Å². The fraction of sp³-hybridized carbons (Fsp3) is 0.0476. The zero-order chi connectivity index (χ0) is 19.3. The van der Waals surface area contributed by atoms with Gasteiger partial charge in [0.1, 0.15) is 0 Å². The summed E-state index contributed by atoms with van der Waals surface area (Å²) in [6, 6.07) is 20.4. The van der Waals surface area contributed by atoms with Gasteiger partial charge >= 0.3 is 0 Å². The zero-order valence-corrected chi connectivity index (χ0v) is 15.6. The standard InChI is InChI=1S/C21H16N4O2S/c26-25(27)19-10-8-18(9-11-19)24-20(17-6-2-1-3-7-17)15-28-21(24)23-14-16-5-4-12-22-13-16/h1-13,15H,14H2. The van der Waals surface area contributed by atoms with Gasteiger partial charge in [0.05, 0.1) is 17.2 Å². The highest BCUT2D eigenvalue weighted by Gasteiger charge is 2.12.